The van der Waals surface area contributed by atoms with Crippen LogP contribution in [0.2, 0.25) is 0 Å². The molecule has 2 aliphatic rings. The quantitative estimate of drug-likeness (QED) is 0.0561. The van der Waals surface area contributed by atoms with Crippen LogP contribution in [0.25, 0.3) is 33.4 Å². The molecule has 0 fully saturated rings. The SMILES string of the molecule is CCN(CCSc1ccccc1)c1ccc2c(-c3ccccc3S(=O)(=O)O)c3ccc(=[N+](CC)CCSc4ccccc4)cc-3oc2c1. The Labute approximate surface area is 291 Å². The van der Waals surface area contributed by atoms with E-state index in [9.17, 15) is 13.0 Å². The maximum absolute atomic E-state index is 12.6. The van der Waals surface area contributed by atoms with Crippen molar-refractivity contribution in [3.8, 4) is 22.5 Å². The van der Waals surface area contributed by atoms with Gasteiger partial charge in [-0.15, -0.1) is 23.5 Å². The van der Waals surface area contributed by atoms with E-state index in [1.807, 2.05) is 59.9 Å². The summed E-state index contributed by atoms with van der Waals surface area (Å²) < 4.78 is 44.4. The third-order valence-corrected chi connectivity index (χ3v) is 11.3. The maximum atomic E-state index is 12.6. The van der Waals surface area contributed by atoms with Crippen molar-refractivity contribution in [1.82, 2.24) is 4.58 Å². The summed E-state index contributed by atoms with van der Waals surface area (Å²) in [7, 11) is -4.49. The van der Waals surface area contributed by atoms with Crippen LogP contribution in [0.15, 0.2) is 140 Å². The first-order valence-electron chi connectivity index (χ1n) is 16.1. The zero-order valence-electron chi connectivity index (χ0n) is 27.1. The molecule has 246 valence electrons. The summed E-state index contributed by atoms with van der Waals surface area (Å²) in [5.74, 6) is 2.50. The number of anilines is 1. The molecule has 0 bridgehead atoms. The molecule has 0 saturated carbocycles. The van der Waals surface area contributed by atoms with Crippen LogP contribution in [0.1, 0.15) is 13.8 Å². The molecule has 0 atom stereocenters. The second kappa shape index (κ2) is 15.5. The largest absolute Gasteiger partial charge is 0.456 e. The lowest BCUT2D eigenvalue weighted by Gasteiger charge is -2.24. The van der Waals surface area contributed by atoms with E-state index in [2.05, 4.69) is 84.0 Å². The molecule has 0 amide bonds. The third-order valence-electron chi connectivity index (χ3n) is 8.36. The van der Waals surface area contributed by atoms with Crippen molar-refractivity contribution in [3.63, 3.8) is 0 Å². The van der Waals surface area contributed by atoms with Gasteiger partial charge >= 0.3 is 0 Å². The Kier molecular flexibility index (Phi) is 10.9. The van der Waals surface area contributed by atoms with Crippen LogP contribution >= 0.6 is 23.5 Å². The van der Waals surface area contributed by atoms with Crippen molar-refractivity contribution in [2.75, 3.05) is 42.6 Å². The van der Waals surface area contributed by atoms with Crippen LogP contribution in [0.3, 0.4) is 0 Å². The molecule has 4 aromatic rings. The van der Waals surface area contributed by atoms with Crippen molar-refractivity contribution in [2.45, 2.75) is 28.5 Å². The third kappa shape index (κ3) is 7.81. The van der Waals surface area contributed by atoms with E-state index in [0.29, 0.717) is 22.5 Å². The lowest BCUT2D eigenvalue weighted by molar-refractivity contribution is 0.483. The Balaban J connectivity index is 1.44. The highest BCUT2D eigenvalue weighted by molar-refractivity contribution is 7.99. The van der Waals surface area contributed by atoms with Gasteiger partial charge in [-0.1, -0.05) is 54.6 Å². The highest BCUT2D eigenvalue weighted by Crippen LogP contribution is 2.43. The lowest BCUT2D eigenvalue weighted by Crippen LogP contribution is -2.31. The maximum Gasteiger partial charge on any atom is 0.295 e. The molecule has 48 heavy (non-hydrogen) atoms. The van der Waals surface area contributed by atoms with Crippen LogP contribution in [0.4, 0.5) is 5.69 Å². The first-order chi connectivity index (χ1) is 23.4. The summed E-state index contributed by atoms with van der Waals surface area (Å²) >= 11 is 3.65. The fraction of sp³-hybridized carbons (Fsp3) is 0.205. The molecule has 0 unspecified atom stereocenters. The number of fused-ring (bicyclic) bond motifs is 2. The van der Waals surface area contributed by atoms with Gasteiger partial charge in [0.2, 0.25) is 5.36 Å². The standard InChI is InChI=1S/C39H38N2O4S3/c1-3-40(23-25-46-31-13-7-5-8-14-31)29-19-21-33-36(27-29)45-37-28-30(41(4-2)24-26-47-32-15-9-6-10-16-32)20-22-34(37)39(33)35-17-11-12-18-38(35)48(42,43)44/h5-22,27-28H,3-4,23-26H2,1-2H3/p+1. The Bertz CT molecular complexity index is 2150. The summed E-state index contributed by atoms with van der Waals surface area (Å²) in [5, 5.41) is 1.80. The molecule has 1 aliphatic carbocycles. The fourth-order valence-corrected chi connectivity index (χ4v) is 8.46. The number of benzene rings is 5. The Morgan fingerprint density at radius 2 is 1.42 bits per heavy atom. The van der Waals surface area contributed by atoms with E-state index in [4.69, 9.17) is 4.42 Å². The summed E-state index contributed by atoms with van der Waals surface area (Å²) in [6.07, 6.45) is 0. The van der Waals surface area contributed by atoms with Gasteiger partial charge in [0.25, 0.3) is 10.1 Å². The van der Waals surface area contributed by atoms with Crippen molar-refractivity contribution in [3.05, 3.63) is 127 Å². The van der Waals surface area contributed by atoms with Gasteiger partial charge in [-0.05, 0) is 62.4 Å². The first-order valence-corrected chi connectivity index (χ1v) is 19.5. The molecule has 0 aromatic heterocycles. The first kappa shape index (κ1) is 33.9. The second-order valence-electron chi connectivity index (χ2n) is 11.3. The molecule has 6 rings (SSSR count). The van der Waals surface area contributed by atoms with Gasteiger partial charge in [-0.3, -0.25) is 4.55 Å². The number of nitrogens with zero attached hydrogens (tertiary/aromatic N) is 2. The zero-order chi connectivity index (χ0) is 33.5. The number of rotatable bonds is 13. The van der Waals surface area contributed by atoms with Gasteiger partial charge < -0.3 is 9.32 Å². The minimum atomic E-state index is -4.49. The van der Waals surface area contributed by atoms with Crippen LogP contribution in [-0.4, -0.2) is 50.7 Å². The molecular weight excluding hydrogens is 657 g/mol. The molecule has 6 nitrogen and oxygen atoms in total. The van der Waals surface area contributed by atoms with Crippen LogP contribution in [0.5, 0.6) is 0 Å². The average molecular weight is 696 g/mol. The van der Waals surface area contributed by atoms with Gasteiger partial charge in [0.1, 0.15) is 22.8 Å². The van der Waals surface area contributed by atoms with E-state index < -0.39 is 10.1 Å². The van der Waals surface area contributed by atoms with Gasteiger partial charge in [0.15, 0.2) is 6.54 Å². The van der Waals surface area contributed by atoms with Gasteiger partial charge in [0.05, 0.1) is 11.8 Å². The molecule has 0 spiro atoms. The van der Waals surface area contributed by atoms with Crippen molar-refractivity contribution < 1.29 is 17.4 Å². The Hall–Kier alpha value is -4.02. The molecule has 1 aliphatic heterocycles. The van der Waals surface area contributed by atoms with E-state index in [1.54, 1.807) is 18.2 Å². The molecule has 1 N–H and O–H groups in total. The number of thioether (sulfide) groups is 2. The smallest absolute Gasteiger partial charge is 0.295 e. The molecular formula is C39H39N2O4S3+. The van der Waals surface area contributed by atoms with Crippen LogP contribution in [0, 0.1) is 0 Å². The highest BCUT2D eigenvalue weighted by Gasteiger charge is 2.24. The summed E-state index contributed by atoms with van der Waals surface area (Å²) in [6.45, 7) is 7.64. The molecule has 0 radical (unpaired) electrons. The predicted octanol–water partition coefficient (Wildman–Crippen LogP) is 8.65. The number of hydrogen-bond donors (Lipinski definition) is 1. The van der Waals surface area contributed by atoms with Gasteiger partial charge in [-0.25, -0.2) is 4.58 Å². The predicted molar refractivity (Wildman–Crippen MR) is 201 cm³/mol. The Morgan fingerprint density at radius 1 is 0.750 bits per heavy atom. The van der Waals surface area contributed by atoms with E-state index >= 15 is 0 Å². The summed E-state index contributed by atoms with van der Waals surface area (Å²) in [5.41, 5.74) is 3.60. The molecule has 1 heterocycles. The Morgan fingerprint density at radius 3 is 2.08 bits per heavy atom. The molecule has 9 heteroatoms. The highest BCUT2D eigenvalue weighted by atomic mass is 32.2. The van der Waals surface area contributed by atoms with Gasteiger partial charge in [0, 0.05) is 68.5 Å². The molecule has 0 saturated heterocycles. The van der Waals surface area contributed by atoms with E-state index in [-0.39, 0.29) is 4.90 Å². The van der Waals surface area contributed by atoms with E-state index in [1.165, 1.54) is 15.9 Å². The number of hydrogen-bond acceptors (Lipinski definition) is 6. The minimum absolute atomic E-state index is 0.131. The average Bonchev–Trinajstić information content (AvgIpc) is 3.11. The summed E-state index contributed by atoms with van der Waals surface area (Å²) in [6, 6.07) is 39.6. The topological polar surface area (TPSA) is 73.8 Å². The fourth-order valence-electron chi connectivity index (χ4n) is 5.97. The van der Waals surface area contributed by atoms with Crippen molar-refractivity contribution in [1.29, 1.82) is 0 Å². The van der Waals surface area contributed by atoms with Crippen molar-refractivity contribution >= 4 is 50.3 Å². The second-order valence-corrected chi connectivity index (χ2v) is 15.0. The minimum Gasteiger partial charge on any atom is -0.456 e. The zero-order valence-corrected chi connectivity index (χ0v) is 29.5. The van der Waals surface area contributed by atoms with E-state index in [0.717, 1.165) is 59.7 Å². The van der Waals surface area contributed by atoms with Gasteiger partial charge in [-0.2, -0.15) is 8.42 Å². The van der Waals surface area contributed by atoms with Crippen LogP contribution in [-0.2, 0) is 10.1 Å². The summed E-state index contributed by atoms with van der Waals surface area (Å²) in [4.78, 5) is 4.67. The monoisotopic (exact) mass is 695 g/mol. The molecule has 4 aromatic carbocycles. The lowest BCUT2D eigenvalue weighted by atomic mass is 9.93. The van der Waals surface area contributed by atoms with Crippen LogP contribution < -0.4 is 14.8 Å². The normalized spacial score (nSPS) is 12.4. The van der Waals surface area contributed by atoms with Crippen molar-refractivity contribution in [2.24, 2.45) is 0 Å².